The lowest BCUT2D eigenvalue weighted by Gasteiger charge is -2.16. The van der Waals surface area contributed by atoms with Crippen molar-refractivity contribution in [2.75, 3.05) is 0 Å². The fourth-order valence-electron chi connectivity index (χ4n) is 1.74. The highest BCUT2D eigenvalue weighted by molar-refractivity contribution is 5.81. The van der Waals surface area contributed by atoms with Crippen molar-refractivity contribution in [3.05, 3.63) is 35.4 Å². The van der Waals surface area contributed by atoms with Gasteiger partial charge in [-0.1, -0.05) is 39.0 Å². The van der Waals surface area contributed by atoms with E-state index in [9.17, 15) is 18.0 Å². The standard InChI is InChI=1S/C14H17F3O/c1-13(2,3)9-12(18)8-10-5-4-6-11(7-10)14(15,16)17/h4-7H,8-9H2,1-3H3. The smallest absolute Gasteiger partial charge is 0.299 e. The van der Waals surface area contributed by atoms with Gasteiger partial charge in [0.1, 0.15) is 5.78 Å². The molecule has 0 spiro atoms. The minimum Gasteiger partial charge on any atom is -0.299 e. The zero-order chi connectivity index (χ0) is 14.0. The van der Waals surface area contributed by atoms with Gasteiger partial charge in [0.25, 0.3) is 0 Å². The number of hydrogen-bond acceptors (Lipinski definition) is 1. The number of hydrogen-bond donors (Lipinski definition) is 0. The third kappa shape index (κ3) is 4.90. The summed E-state index contributed by atoms with van der Waals surface area (Å²) in [6, 6.07) is 4.94. The van der Waals surface area contributed by atoms with E-state index in [1.165, 1.54) is 6.07 Å². The quantitative estimate of drug-likeness (QED) is 0.792. The van der Waals surface area contributed by atoms with Gasteiger partial charge in [-0.05, 0) is 17.0 Å². The van der Waals surface area contributed by atoms with Gasteiger partial charge in [0.15, 0.2) is 0 Å². The molecule has 4 heteroatoms. The molecule has 1 aromatic rings. The van der Waals surface area contributed by atoms with Gasteiger partial charge < -0.3 is 0 Å². The molecule has 1 aromatic carbocycles. The summed E-state index contributed by atoms with van der Waals surface area (Å²) in [5.41, 5.74) is -0.429. The Kier molecular flexibility index (Phi) is 4.20. The van der Waals surface area contributed by atoms with Crippen LogP contribution in [0.4, 0.5) is 13.2 Å². The highest BCUT2D eigenvalue weighted by Gasteiger charge is 2.30. The van der Waals surface area contributed by atoms with Crippen molar-refractivity contribution in [3.8, 4) is 0 Å². The molecule has 0 amide bonds. The molecule has 0 fully saturated rings. The number of halogens is 3. The highest BCUT2D eigenvalue weighted by atomic mass is 19.4. The average Bonchev–Trinajstić information content (AvgIpc) is 2.13. The third-order valence-electron chi connectivity index (χ3n) is 2.38. The van der Waals surface area contributed by atoms with Crippen LogP contribution in [0.2, 0.25) is 0 Å². The average molecular weight is 258 g/mol. The molecule has 0 saturated carbocycles. The first-order valence-electron chi connectivity index (χ1n) is 5.76. The first kappa shape index (κ1) is 14.7. The maximum Gasteiger partial charge on any atom is 0.416 e. The van der Waals surface area contributed by atoms with Crippen molar-refractivity contribution in [2.24, 2.45) is 5.41 Å². The van der Waals surface area contributed by atoms with Gasteiger partial charge in [-0.2, -0.15) is 13.2 Å². The monoisotopic (exact) mass is 258 g/mol. The van der Waals surface area contributed by atoms with Gasteiger partial charge in [0, 0.05) is 12.8 Å². The third-order valence-corrected chi connectivity index (χ3v) is 2.38. The maximum absolute atomic E-state index is 12.5. The van der Waals surface area contributed by atoms with Crippen LogP contribution in [0.1, 0.15) is 38.3 Å². The van der Waals surface area contributed by atoms with E-state index in [0.29, 0.717) is 12.0 Å². The van der Waals surface area contributed by atoms with E-state index in [1.807, 2.05) is 20.8 Å². The molecule has 0 aliphatic carbocycles. The summed E-state index contributed by atoms with van der Waals surface area (Å²) < 4.78 is 37.5. The maximum atomic E-state index is 12.5. The summed E-state index contributed by atoms with van der Waals surface area (Å²) in [4.78, 5) is 11.7. The minimum absolute atomic E-state index is 0.0400. The molecular weight excluding hydrogens is 241 g/mol. The number of Topliss-reactive ketones (excluding diaryl/α,β-unsaturated/α-hetero) is 1. The molecule has 0 saturated heterocycles. The van der Waals surface area contributed by atoms with Crippen molar-refractivity contribution in [1.29, 1.82) is 0 Å². The Morgan fingerprint density at radius 3 is 2.28 bits per heavy atom. The lowest BCUT2D eigenvalue weighted by Crippen LogP contribution is -2.15. The van der Waals surface area contributed by atoms with Crippen LogP contribution in [0.3, 0.4) is 0 Å². The largest absolute Gasteiger partial charge is 0.416 e. The van der Waals surface area contributed by atoms with Crippen LogP contribution < -0.4 is 0 Å². The summed E-state index contributed by atoms with van der Waals surface area (Å²) in [7, 11) is 0. The molecule has 0 aromatic heterocycles. The minimum atomic E-state index is -4.36. The lowest BCUT2D eigenvalue weighted by molar-refractivity contribution is -0.137. The van der Waals surface area contributed by atoms with Crippen molar-refractivity contribution in [3.63, 3.8) is 0 Å². The van der Waals surface area contributed by atoms with Gasteiger partial charge in [-0.15, -0.1) is 0 Å². The molecule has 0 aliphatic heterocycles. The van der Waals surface area contributed by atoms with Crippen LogP contribution in [-0.2, 0) is 17.4 Å². The number of carbonyl (C=O) groups is 1. The van der Waals surface area contributed by atoms with Gasteiger partial charge in [-0.3, -0.25) is 4.79 Å². The van der Waals surface area contributed by atoms with E-state index in [0.717, 1.165) is 12.1 Å². The molecule has 1 nitrogen and oxygen atoms in total. The Labute approximate surface area is 105 Å². The van der Waals surface area contributed by atoms with Crippen molar-refractivity contribution in [2.45, 2.75) is 39.8 Å². The summed E-state index contributed by atoms with van der Waals surface area (Å²) in [5, 5.41) is 0. The Morgan fingerprint density at radius 2 is 1.78 bits per heavy atom. The first-order chi connectivity index (χ1) is 8.08. The number of benzene rings is 1. The molecule has 1 rings (SSSR count). The molecule has 0 unspecified atom stereocenters. The molecule has 0 bridgehead atoms. The topological polar surface area (TPSA) is 17.1 Å². The van der Waals surface area contributed by atoms with Gasteiger partial charge in [0.2, 0.25) is 0 Å². The highest BCUT2D eigenvalue weighted by Crippen LogP contribution is 2.30. The summed E-state index contributed by atoms with van der Waals surface area (Å²) in [6.45, 7) is 5.78. The van der Waals surface area contributed by atoms with Crippen LogP contribution >= 0.6 is 0 Å². The van der Waals surface area contributed by atoms with Gasteiger partial charge in [0.05, 0.1) is 5.56 Å². The lowest BCUT2D eigenvalue weighted by atomic mass is 9.88. The zero-order valence-corrected chi connectivity index (χ0v) is 10.8. The zero-order valence-electron chi connectivity index (χ0n) is 10.8. The van der Waals surface area contributed by atoms with E-state index in [4.69, 9.17) is 0 Å². The molecule has 0 aliphatic rings. The molecule has 0 atom stereocenters. The summed E-state index contributed by atoms with van der Waals surface area (Å²) >= 11 is 0. The molecule has 100 valence electrons. The fraction of sp³-hybridized carbons (Fsp3) is 0.500. The Hall–Kier alpha value is -1.32. The molecule has 18 heavy (non-hydrogen) atoms. The molecule has 0 radical (unpaired) electrons. The molecule has 0 heterocycles. The second-order valence-corrected chi connectivity index (χ2v) is 5.65. The van der Waals surface area contributed by atoms with Gasteiger partial charge >= 0.3 is 6.18 Å². The first-order valence-corrected chi connectivity index (χ1v) is 5.76. The fourth-order valence-corrected chi connectivity index (χ4v) is 1.74. The van der Waals surface area contributed by atoms with Crippen LogP contribution in [0.25, 0.3) is 0 Å². The number of ketones is 1. The van der Waals surface area contributed by atoms with Crippen molar-refractivity contribution in [1.82, 2.24) is 0 Å². The predicted octanol–water partition coefficient (Wildman–Crippen LogP) is 4.25. The Morgan fingerprint density at radius 1 is 1.17 bits per heavy atom. The number of rotatable bonds is 3. The molecule has 0 N–H and O–H groups in total. The van der Waals surface area contributed by atoms with Crippen molar-refractivity contribution < 1.29 is 18.0 Å². The van der Waals surface area contributed by atoms with E-state index in [2.05, 4.69) is 0 Å². The van der Waals surface area contributed by atoms with Crippen LogP contribution in [0, 0.1) is 5.41 Å². The Bertz CT molecular complexity index is 427. The second-order valence-electron chi connectivity index (χ2n) is 5.65. The van der Waals surface area contributed by atoms with E-state index >= 15 is 0 Å². The second kappa shape index (κ2) is 5.12. The SMILES string of the molecule is CC(C)(C)CC(=O)Cc1cccc(C(F)(F)F)c1. The van der Waals surface area contributed by atoms with E-state index in [-0.39, 0.29) is 17.6 Å². The molecular formula is C14H17F3O. The number of carbonyl (C=O) groups excluding carboxylic acids is 1. The van der Waals surface area contributed by atoms with Gasteiger partial charge in [-0.25, -0.2) is 0 Å². The summed E-state index contributed by atoms with van der Waals surface area (Å²) in [6.07, 6.45) is -3.94. The number of alkyl halides is 3. The normalized spacial score (nSPS) is 12.6. The van der Waals surface area contributed by atoms with Crippen LogP contribution in [0.15, 0.2) is 24.3 Å². The van der Waals surface area contributed by atoms with Crippen LogP contribution in [-0.4, -0.2) is 5.78 Å². The van der Waals surface area contributed by atoms with E-state index in [1.54, 1.807) is 6.07 Å². The Balaban J connectivity index is 2.77. The summed E-state index contributed by atoms with van der Waals surface area (Å²) in [5.74, 6) is -0.0400. The van der Waals surface area contributed by atoms with Crippen molar-refractivity contribution >= 4 is 5.78 Å². The van der Waals surface area contributed by atoms with Crippen LogP contribution in [0.5, 0.6) is 0 Å². The van der Waals surface area contributed by atoms with E-state index < -0.39 is 11.7 Å². The predicted molar refractivity (Wildman–Crippen MR) is 64.2 cm³/mol.